The molecule has 0 aliphatic carbocycles. The molecule has 0 amide bonds. The van der Waals surface area contributed by atoms with E-state index in [1.54, 1.807) is 0 Å². The smallest absolute Gasteiger partial charge is 0.296 e. The first-order valence-electron chi connectivity index (χ1n) is 6.10. The van der Waals surface area contributed by atoms with Crippen LogP contribution in [-0.2, 0) is 4.84 Å². The molecule has 2 aromatic carbocycles. The number of hydrogen-bond donors (Lipinski definition) is 0. The fourth-order valence-corrected chi connectivity index (χ4v) is 2.45. The summed E-state index contributed by atoms with van der Waals surface area (Å²) in [7, 11) is 0. The Labute approximate surface area is 131 Å². The second-order valence-corrected chi connectivity index (χ2v) is 5.59. The van der Waals surface area contributed by atoms with E-state index in [0.717, 1.165) is 21.4 Å². The van der Waals surface area contributed by atoms with Crippen LogP contribution in [0.2, 0.25) is 0 Å². The molecule has 100 valence electrons. The predicted octanol–water partition coefficient (Wildman–Crippen LogP) is 3.97. The zero-order chi connectivity index (χ0) is 13.9. The van der Waals surface area contributed by atoms with E-state index in [2.05, 4.69) is 21.1 Å². The molecule has 0 radical (unpaired) electrons. The standard InChI is InChI=1S/C15H11BrN2OS/c16-12-8-6-11(7-9-12)14-10-18(15(20)19-17-14)13-4-2-1-3-5-13/h1-9H,10H2. The van der Waals surface area contributed by atoms with E-state index in [1.807, 2.05) is 59.5 Å². The summed E-state index contributed by atoms with van der Waals surface area (Å²) in [4.78, 5) is 7.21. The molecular weight excluding hydrogens is 336 g/mol. The quantitative estimate of drug-likeness (QED) is 0.769. The van der Waals surface area contributed by atoms with Gasteiger partial charge >= 0.3 is 0 Å². The maximum absolute atomic E-state index is 5.28. The molecule has 0 spiro atoms. The van der Waals surface area contributed by atoms with Gasteiger partial charge in [-0.1, -0.05) is 51.4 Å². The van der Waals surface area contributed by atoms with Gasteiger partial charge in [-0.2, -0.15) is 0 Å². The van der Waals surface area contributed by atoms with Crippen LogP contribution in [0.15, 0.2) is 64.2 Å². The first kappa shape index (κ1) is 13.3. The van der Waals surface area contributed by atoms with Gasteiger partial charge in [0.15, 0.2) is 0 Å². The number of thiocarbonyl (C=S) groups is 1. The molecule has 0 saturated heterocycles. The van der Waals surface area contributed by atoms with Crippen LogP contribution >= 0.6 is 28.1 Å². The summed E-state index contributed by atoms with van der Waals surface area (Å²) in [6.45, 7) is 0.602. The predicted molar refractivity (Wildman–Crippen MR) is 88.2 cm³/mol. The van der Waals surface area contributed by atoms with Crippen molar-refractivity contribution in [3.63, 3.8) is 0 Å². The minimum atomic E-state index is 0.372. The fourth-order valence-electron chi connectivity index (χ4n) is 1.98. The Balaban J connectivity index is 1.89. The molecule has 3 rings (SSSR count). The van der Waals surface area contributed by atoms with Crippen molar-refractivity contribution in [2.45, 2.75) is 0 Å². The number of rotatable bonds is 2. The fraction of sp³-hybridized carbons (Fsp3) is 0.0667. The number of benzene rings is 2. The van der Waals surface area contributed by atoms with Crippen LogP contribution in [-0.4, -0.2) is 17.4 Å². The average molecular weight is 347 g/mol. The molecule has 0 N–H and O–H groups in total. The first-order valence-corrected chi connectivity index (χ1v) is 7.30. The van der Waals surface area contributed by atoms with Crippen LogP contribution in [0.5, 0.6) is 0 Å². The van der Waals surface area contributed by atoms with Gasteiger partial charge in [-0.05, 0) is 36.5 Å². The van der Waals surface area contributed by atoms with Crippen LogP contribution in [0.25, 0.3) is 0 Å². The summed E-state index contributed by atoms with van der Waals surface area (Å²) >= 11 is 8.65. The molecule has 0 bridgehead atoms. The van der Waals surface area contributed by atoms with Gasteiger partial charge < -0.3 is 4.84 Å². The van der Waals surface area contributed by atoms with Crippen molar-refractivity contribution in [1.29, 1.82) is 0 Å². The Kier molecular flexibility index (Phi) is 3.80. The molecule has 0 fully saturated rings. The Hall–Kier alpha value is -1.72. The maximum atomic E-state index is 5.28. The topological polar surface area (TPSA) is 24.8 Å². The molecule has 2 aromatic rings. The summed E-state index contributed by atoms with van der Waals surface area (Å²) in [5, 5.41) is 4.48. The van der Waals surface area contributed by atoms with E-state index in [9.17, 15) is 0 Å². The molecule has 0 saturated carbocycles. The van der Waals surface area contributed by atoms with E-state index in [-0.39, 0.29) is 0 Å². The third-order valence-electron chi connectivity index (χ3n) is 3.01. The molecule has 1 aliphatic heterocycles. The highest BCUT2D eigenvalue weighted by Crippen LogP contribution is 2.20. The summed E-state index contributed by atoms with van der Waals surface area (Å²) in [5.74, 6) is 0. The van der Waals surface area contributed by atoms with Gasteiger partial charge in [-0.15, -0.1) is 0 Å². The lowest BCUT2D eigenvalue weighted by Crippen LogP contribution is -2.39. The van der Waals surface area contributed by atoms with Crippen molar-refractivity contribution in [2.75, 3.05) is 11.4 Å². The summed E-state index contributed by atoms with van der Waals surface area (Å²) < 4.78 is 1.04. The maximum Gasteiger partial charge on any atom is 0.296 e. The van der Waals surface area contributed by atoms with Crippen LogP contribution in [0.4, 0.5) is 5.69 Å². The molecule has 0 atom stereocenters. The van der Waals surface area contributed by atoms with Gasteiger partial charge in [-0.3, -0.25) is 4.90 Å². The van der Waals surface area contributed by atoms with E-state index >= 15 is 0 Å². The van der Waals surface area contributed by atoms with E-state index in [0.29, 0.717) is 11.7 Å². The molecule has 0 unspecified atom stereocenters. The number of anilines is 1. The van der Waals surface area contributed by atoms with Crippen molar-refractivity contribution in [1.82, 2.24) is 0 Å². The second kappa shape index (κ2) is 5.73. The minimum Gasteiger partial charge on any atom is -0.326 e. The Morgan fingerprint density at radius 1 is 1.05 bits per heavy atom. The van der Waals surface area contributed by atoms with Crippen molar-refractivity contribution >= 4 is 44.7 Å². The van der Waals surface area contributed by atoms with Crippen LogP contribution in [0.3, 0.4) is 0 Å². The lowest BCUT2D eigenvalue weighted by molar-refractivity contribution is 0.321. The molecule has 1 aliphatic rings. The van der Waals surface area contributed by atoms with Gasteiger partial charge in [-0.25, -0.2) is 0 Å². The largest absolute Gasteiger partial charge is 0.326 e. The second-order valence-electron chi connectivity index (χ2n) is 4.32. The van der Waals surface area contributed by atoms with Gasteiger partial charge in [0.1, 0.15) is 5.71 Å². The molecule has 1 heterocycles. The van der Waals surface area contributed by atoms with Gasteiger partial charge in [0.2, 0.25) is 0 Å². The van der Waals surface area contributed by atoms with E-state index < -0.39 is 0 Å². The molecular formula is C15H11BrN2OS. The highest BCUT2D eigenvalue weighted by molar-refractivity contribution is 9.10. The number of hydrogen-bond acceptors (Lipinski definition) is 3. The Morgan fingerprint density at radius 3 is 2.45 bits per heavy atom. The van der Waals surface area contributed by atoms with Crippen molar-refractivity contribution in [2.24, 2.45) is 5.16 Å². The zero-order valence-electron chi connectivity index (χ0n) is 10.5. The minimum absolute atomic E-state index is 0.372. The van der Waals surface area contributed by atoms with Crippen molar-refractivity contribution < 1.29 is 4.84 Å². The number of nitrogens with zero attached hydrogens (tertiary/aromatic N) is 2. The Bertz CT molecular complexity index is 655. The number of halogens is 1. The zero-order valence-corrected chi connectivity index (χ0v) is 12.9. The van der Waals surface area contributed by atoms with Crippen molar-refractivity contribution in [3.8, 4) is 0 Å². The third kappa shape index (κ3) is 2.73. The number of para-hydroxylation sites is 1. The third-order valence-corrected chi connectivity index (χ3v) is 3.83. The lowest BCUT2D eigenvalue weighted by Gasteiger charge is -2.27. The summed E-state index contributed by atoms with van der Waals surface area (Å²) in [6, 6.07) is 17.9. The van der Waals surface area contributed by atoms with E-state index in [4.69, 9.17) is 17.1 Å². The van der Waals surface area contributed by atoms with E-state index in [1.165, 1.54) is 0 Å². The monoisotopic (exact) mass is 346 g/mol. The van der Waals surface area contributed by atoms with Crippen LogP contribution in [0.1, 0.15) is 5.56 Å². The molecule has 0 aromatic heterocycles. The number of oxime groups is 1. The SMILES string of the molecule is S=C1ON=C(c2ccc(Br)cc2)CN1c1ccccc1. The average Bonchev–Trinajstić information content (AvgIpc) is 2.50. The van der Waals surface area contributed by atoms with Gasteiger partial charge in [0.25, 0.3) is 5.17 Å². The van der Waals surface area contributed by atoms with Crippen molar-refractivity contribution in [3.05, 3.63) is 64.6 Å². The molecule has 20 heavy (non-hydrogen) atoms. The molecule has 3 nitrogen and oxygen atoms in total. The highest BCUT2D eigenvalue weighted by atomic mass is 79.9. The Morgan fingerprint density at radius 2 is 1.75 bits per heavy atom. The summed E-state index contributed by atoms with van der Waals surface area (Å²) in [6.07, 6.45) is 0. The normalized spacial score (nSPS) is 14.8. The van der Waals surface area contributed by atoms with Gasteiger partial charge in [0, 0.05) is 15.7 Å². The first-order chi connectivity index (χ1) is 9.74. The van der Waals surface area contributed by atoms with Crippen LogP contribution in [0, 0.1) is 0 Å². The summed E-state index contributed by atoms with van der Waals surface area (Å²) in [5.41, 5.74) is 2.88. The van der Waals surface area contributed by atoms with Crippen LogP contribution < -0.4 is 4.90 Å². The lowest BCUT2D eigenvalue weighted by atomic mass is 10.1. The van der Waals surface area contributed by atoms with Gasteiger partial charge in [0.05, 0.1) is 6.54 Å². The highest BCUT2D eigenvalue weighted by Gasteiger charge is 2.22. The molecule has 5 heteroatoms.